The molecular formula is C18H18ClNO5S. The van der Waals surface area contributed by atoms with Crippen LogP contribution in [0.4, 0.5) is 5.00 Å². The van der Waals surface area contributed by atoms with Gasteiger partial charge in [0, 0.05) is 5.02 Å². The van der Waals surface area contributed by atoms with Crippen molar-refractivity contribution in [3.8, 4) is 5.75 Å². The van der Waals surface area contributed by atoms with Crippen molar-refractivity contribution in [1.82, 2.24) is 0 Å². The highest BCUT2D eigenvalue weighted by Crippen LogP contribution is 2.34. The molecule has 8 heteroatoms. The summed E-state index contributed by atoms with van der Waals surface area (Å²) in [5, 5.41) is 3.38. The number of ketones is 1. The molecular weight excluding hydrogens is 378 g/mol. The number of thiophene rings is 1. The molecule has 0 bridgehead atoms. The third kappa shape index (κ3) is 4.83. The SMILES string of the molecule is CCOC(=O)c1c(NC(=O)COc2cccc(Cl)c2)sc(C(C)=O)c1C. The number of benzene rings is 1. The minimum Gasteiger partial charge on any atom is -0.484 e. The van der Waals surface area contributed by atoms with E-state index in [1.807, 2.05) is 0 Å². The number of rotatable bonds is 7. The quantitative estimate of drug-likeness (QED) is 0.563. The van der Waals surface area contributed by atoms with Crippen LogP contribution >= 0.6 is 22.9 Å². The van der Waals surface area contributed by atoms with E-state index in [0.717, 1.165) is 11.3 Å². The van der Waals surface area contributed by atoms with Gasteiger partial charge in [0.15, 0.2) is 12.4 Å². The van der Waals surface area contributed by atoms with Crippen LogP contribution < -0.4 is 10.1 Å². The van der Waals surface area contributed by atoms with Crippen LogP contribution in [-0.2, 0) is 9.53 Å². The molecule has 0 spiro atoms. The summed E-state index contributed by atoms with van der Waals surface area (Å²) in [5.41, 5.74) is 0.685. The van der Waals surface area contributed by atoms with Crippen molar-refractivity contribution >= 4 is 45.6 Å². The monoisotopic (exact) mass is 395 g/mol. The number of hydrogen-bond donors (Lipinski definition) is 1. The van der Waals surface area contributed by atoms with Crippen LogP contribution in [0.1, 0.15) is 39.4 Å². The minimum atomic E-state index is -0.584. The molecule has 1 aromatic carbocycles. The van der Waals surface area contributed by atoms with Gasteiger partial charge in [-0.3, -0.25) is 9.59 Å². The van der Waals surface area contributed by atoms with Gasteiger partial charge in [0.05, 0.1) is 17.0 Å². The lowest BCUT2D eigenvalue weighted by atomic mass is 10.1. The number of Topliss-reactive ketones (excluding diaryl/α,β-unsaturated/α-hetero) is 1. The van der Waals surface area contributed by atoms with Gasteiger partial charge >= 0.3 is 5.97 Å². The second-order valence-corrected chi connectivity index (χ2v) is 6.79. The van der Waals surface area contributed by atoms with E-state index in [1.165, 1.54) is 6.92 Å². The summed E-state index contributed by atoms with van der Waals surface area (Å²) in [4.78, 5) is 36.5. The number of ether oxygens (including phenoxy) is 2. The smallest absolute Gasteiger partial charge is 0.341 e. The normalized spacial score (nSPS) is 10.3. The summed E-state index contributed by atoms with van der Waals surface area (Å²) >= 11 is 6.90. The van der Waals surface area contributed by atoms with Crippen LogP contribution in [0.5, 0.6) is 5.75 Å². The first kappa shape index (κ1) is 19.9. The van der Waals surface area contributed by atoms with Gasteiger partial charge in [0.25, 0.3) is 5.91 Å². The second kappa shape index (κ2) is 8.82. The molecule has 1 amide bonds. The fourth-order valence-corrected chi connectivity index (χ4v) is 3.54. The van der Waals surface area contributed by atoms with Crippen LogP contribution in [0.25, 0.3) is 0 Å². The third-order valence-electron chi connectivity index (χ3n) is 3.37. The highest BCUT2D eigenvalue weighted by molar-refractivity contribution is 7.18. The molecule has 0 radical (unpaired) electrons. The van der Waals surface area contributed by atoms with Crippen molar-refractivity contribution < 1.29 is 23.9 Å². The molecule has 2 aromatic rings. The van der Waals surface area contributed by atoms with E-state index in [2.05, 4.69) is 5.32 Å². The highest BCUT2D eigenvalue weighted by Gasteiger charge is 2.25. The second-order valence-electron chi connectivity index (χ2n) is 5.33. The Balaban J connectivity index is 2.16. The van der Waals surface area contributed by atoms with E-state index in [0.29, 0.717) is 21.2 Å². The lowest BCUT2D eigenvalue weighted by Crippen LogP contribution is -2.21. The number of esters is 1. The Morgan fingerprint density at radius 3 is 2.62 bits per heavy atom. The van der Waals surface area contributed by atoms with Crippen molar-refractivity contribution in [2.45, 2.75) is 20.8 Å². The topological polar surface area (TPSA) is 81.7 Å². The zero-order valence-electron chi connectivity index (χ0n) is 14.6. The first-order valence-corrected chi connectivity index (χ1v) is 9.02. The van der Waals surface area contributed by atoms with Gasteiger partial charge in [0.2, 0.25) is 0 Å². The van der Waals surface area contributed by atoms with Crippen molar-refractivity contribution in [2.24, 2.45) is 0 Å². The number of carbonyl (C=O) groups excluding carboxylic acids is 3. The molecule has 0 aliphatic rings. The largest absolute Gasteiger partial charge is 0.484 e. The van der Waals surface area contributed by atoms with Crippen LogP contribution in [0.15, 0.2) is 24.3 Å². The maximum absolute atomic E-state index is 12.2. The molecule has 1 N–H and O–H groups in total. The zero-order valence-corrected chi connectivity index (χ0v) is 16.1. The van der Waals surface area contributed by atoms with E-state index >= 15 is 0 Å². The molecule has 0 aliphatic heterocycles. The number of anilines is 1. The first-order valence-electron chi connectivity index (χ1n) is 7.83. The summed E-state index contributed by atoms with van der Waals surface area (Å²) in [7, 11) is 0. The zero-order chi connectivity index (χ0) is 19.3. The predicted molar refractivity (Wildman–Crippen MR) is 101 cm³/mol. The summed E-state index contributed by atoms with van der Waals surface area (Å²) in [6, 6.07) is 6.66. The van der Waals surface area contributed by atoms with Gasteiger partial charge in [-0.1, -0.05) is 17.7 Å². The molecule has 0 saturated carbocycles. The molecule has 0 saturated heterocycles. The summed E-state index contributed by atoms with van der Waals surface area (Å²) in [6.07, 6.45) is 0. The summed E-state index contributed by atoms with van der Waals surface area (Å²) < 4.78 is 10.4. The third-order valence-corrected chi connectivity index (χ3v) is 4.91. The van der Waals surface area contributed by atoms with E-state index in [9.17, 15) is 14.4 Å². The van der Waals surface area contributed by atoms with Gasteiger partial charge in [-0.05, 0) is 44.5 Å². The molecule has 26 heavy (non-hydrogen) atoms. The number of halogens is 1. The van der Waals surface area contributed by atoms with E-state index < -0.39 is 11.9 Å². The molecule has 138 valence electrons. The molecule has 6 nitrogen and oxygen atoms in total. The van der Waals surface area contributed by atoms with Crippen molar-refractivity contribution in [1.29, 1.82) is 0 Å². The molecule has 0 fully saturated rings. The summed E-state index contributed by atoms with van der Waals surface area (Å²) in [6.45, 7) is 4.66. The van der Waals surface area contributed by atoms with E-state index in [4.69, 9.17) is 21.1 Å². The summed E-state index contributed by atoms with van der Waals surface area (Å²) in [5.74, 6) is -0.787. The van der Waals surface area contributed by atoms with Gasteiger partial charge < -0.3 is 14.8 Å². The maximum atomic E-state index is 12.2. The van der Waals surface area contributed by atoms with Crippen LogP contribution in [-0.4, -0.2) is 30.9 Å². The van der Waals surface area contributed by atoms with Gasteiger partial charge in [0.1, 0.15) is 10.8 Å². The Morgan fingerprint density at radius 2 is 2.00 bits per heavy atom. The molecule has 1 aromatic heterocycles. The van der Waals surface area contributed by atoms with Gasteiger partial charge in [-0.25, -0.2) is 4.79 Å². The predicted octanol–water partition coefficient (Wildman–Crippen LogP) is 4.11. The Kier molecular flexibility index (Phi) is 6.76. The van der Waals surface area contributed by atoms with Crippen LogP contribution in [0, 0.1) is 6.92 Å². The Hall–Kier alpha value is -2.38. The maximum Gasteiger partial charge on any atom is 0.341 e. The molecule has 2 rings (SSSR count). The lowest BCUT2D eigenvalue weighted by molar-refractivity contribution is -0.118. The van der Waals surface area contributed by atoms with Crippen molar-refractivity contribution in [3.05, 3.63) is 45.3 Å². The van der Waals surface area contributed by atoms with Gasteiger partial charge in [-0.2, -0.15) is 0 Å². The molecule has 0 atom stereocenters. The van der Waals surface area contributed by atoms with Crippen molar-refractivity contribution in [2.75, 3.05) is 18.5 Å². The average Bonchev–Trinajstić information content (AvgIpc) is 2.89. The lowest BCUT2D eigenvalue weighted by Gasteiger charge is -2.08. The minimum absolute atomic E-state index is 0.186. The van der Waals surface area contributed by atoms with Crippen LogP contribution in [0.2, 0.25) is 5.02 Å². The average molecular weight is 396 g/mol. The Bertz CT molecular complexity index is 846. The molecule has 1 heterocycles. The fraction of sp³-hybridized carbons (Fsp3) is 0.278. The number of nitrogens with one attached hydrogen (secondary N) is 1. The Labute approximate surface area is 160 Å². The number of hydrogen-bond acceptors (Lipinski definition) is 6. The van der Waals surface area contributed by atoms with E-state index in [-0.39, 0.29) is 29.6 Å². The van der Waals surface area contributed by atoms with Gasteiger partial charge in [-0.15, -0.1) is 11.3 Å². The number of carbonyl (C=O) groups is 3. The van der Waals surface area contributed by atoms with Crippen molar-refractivity contribution in [3.63, 3.8) is 0 Å². The first-order chi connectivity index (χ1) is 12.3. The molecule has 0 unspecified atom stereocenters. The van der Waals surface area contributed by atoms with E-state index in [1.54, 1.807) is 38.1 Å². The number of amides is 1. The standard InChI is InChI=1S/C18H18ClNO5S/c1-4-24-18(23)15-10(2)16(11(3)21)26-17(15)20-14(22)9-25-13-7-5-6-12(19)8-13/h5-8H,4,9H2,1-3H3,(H,20,22). The Morgan fingerprint density at radius 1 is 1.27 bits per heavy atom. The highest BCUT2D eigenvalue weighted by atomic mass is 35.5. The molecule has 0 aliphatic carbocycles. The fourth-order valence-electron chi connectivity index (χ4n) is 2.25. The van der Waals surface area contributed by atoms with Crippen LogP contribution in [0.3, 0.4) is 0 Å².